The molecule has 1 aromatic rings. The van der Waals surface area contributed by atoms with E-state index in [1.54, 1.807) is 6.07 Å². The fourth-order valence-corrected chi connectivity index (χ4v) is 2.49. The quantitative estimate of drug-likeness (QED) is 0.865. The molecule has 19 heavy (non-hydrogen) atoms. The number of ether oxygens (including phenoxy) is 2. The van der Waals surface area contributed by atoms with Crippen molar-refractivity contribution in [3.8, 4) is 0 Å². The van der Waals surface area contributed by atoms with E-state index in [0.717, 1.165) is 12.8 Å². The van der Waals surface area contributed by atoms with E-state index in [4.69, 9.17) is 4.74 Å². The lowest BCUT2D eigenvalue weighted by molar-refractivity contribution is 0.0596. The molecule has 0 spiro atoms. The first-order chi connectivity index (χ1) is 9.11. The maximum atomic E-state index is 13.9. The molecule has 6 heteroatoms. The number of methoxy groups -OCH3 is 1. The van der Waals surface area contributed by atoms with E-state index >= 15 is 0 Å². The fourth-order valence-electron chi connectivity index (χ4n) is 2.06. The van der Waals surface area contributed by atoms with Gasteiger partial charge in [0, 0.05) is 23.7 Å². The Labute approximate surface area is 119 Å². The van der Waals surface area contributed by atoms with E-state index in [1.807, 2.05) is 0 Å². The van der Waals surface area contributed by atoms with E-state index < -0.39 is 11.8 Å². The van der Waals surface area contributed by atoms with E-state index in [-0.39, 0.29) is 11.6 Å². The van der Waals surface area contributed by atoms with Crippen molar-refractivity contribution in [2.24, 2.45) is 0 Å². The Morgan fingerprint density at radius 2 is 2.16 bits per heavy atom. The van der Waals surface area contributed by atoms with Gasteiger partial charge in [0.25, 0.3) is 0 Å². The standard InChI is InChI=1S/C13H15BrFNO3/c1-18-13(17)12-10(15)6-8(14)7-11(12)16-9-2-4-19-5-3-9/h6-7,9,16H,2-5H2,1H3. The van der Waals surface area contributed by atoms with Gasteiger partial charge in [0.1, 0.15) is 11.4 Å². The molecule has 0 atom stereocenters. The van der Waals surface area contributed by atoms with Crippen LogP contribution in [0.4, 0.5) is 10.1 Å². The molecule has 1 saturated heterocycles. The predicted octanol–water partition coefficient (Wildman–Crippen LogP) is 2.97. The highest BCUT2D eigenvalue weighted by Gasteiger charge is 2.21. The lowest BCUT2D eigenvalue weighted by Crippen LogP contribution is -2.29. The van der Waals surface area contributed by atoms with E-state index in [1.165, 1.54) is 13.2 Å². The molecule has 1 N–H and O–H groups in total. The Morgan fingerprint density at radius 1 is 1.47 bits per heavy atom. The monoisotopic (exact) mass is 331 g/mol. The number of nitrogens with one attached hydrogen (secondary N) is 1. The van der Waals surface area contributed by atoms with Crippen LogP contribution in [0.2, 0.25) is 0 Å². The minimum atomic E-state index is -0.681. The summed E-state index contributed by atoms with van der Waals surface area (Å²) in [5.41, 5.74) is 0.391. The Kier molecular flexibility index (Phi) is 4.76. The highest BCUT2D eigenvalue weighted by Crippen LogP contribution is 2.27. The summed E-state index contributed by atoms with van der Waals surface area (Å²) in [4.78, 5) is 11.7. The SMILES string of the molecule is COC(=O)c1c(F)cc(Br)cc1NC1CCOCC1. The molecule has 0 amide bonds. The molecule has 1 aliphatic rings. The van der Waals surface area contributed by atoms with Crippen molar-refractivity contribution in [1.82, 2.24) is 0 Å². The van der Waals surface area contributed by atoms with E-state index in [2.05, 4.69) is 26.0 Å². The number of carbonyl (C=O) groups excluding carboxylic acids is 1. The summed E-state index contributed by atoms with van der Waals surface area (Å²) in [7, 11) is 1.24. The summed E-state index contributed by atoms with van der Waals surface area (Å²) in [6.07, 6.45) is 1.66. The third-order valence-electron chi connectivity index (χ3n) is 3.03. The number of rotatable bonds is 3. The Bertz CT molecular complexity index is 475. The van der Waals surface area contributed by atoms with Crippen LogP contribution in [0.3, 0.4) is 0 Å². The van der Waals surface area contributed by atoms with Gasteiger partial charge in [0.15, 0.2) is 0 Å². The van der Waals surface area contributed by atoms with Gasteiger partial charge in [-0.05, 0) is 25.0 Å². The number of carbonyl (C=O) groups is 1. The van der Waals surface area contributed by atoms with Gasteiger partial charge in [0.2, 0.25) is 0 Å². The van der Waals surface area contributed by atoms with Gasteiger partial charge in [-0.15, -0.1) is 0 Å². The minimum absolute atomic E-state index is 0.0582. The van der Waals surface area contributed by atoms with Crippen LogP contribution in [0.1, 0.15) is 23.2 Å². The number of halogens is 2. The first-order valence-corrected chi connectivity index (χ1v) is 6.82. The zero-order valence-corrected chi connectivity index (χ0v) is 12.1. The number of hydrogen-bond acceptors (Lipinski definition) is 4. The maximum absolute atomic E-state index is 13.9. The third kappa shape index (κ3) is 3.45. The normalized spacial score (nSPS) is 16.2. The summed E-state index contributed by atoms with van der Waals surface area (Å²) in [6, 6.07) is 3.11. The Morgan fingerprint density at radius 3 is 2.79 bits per heavy atom. The molecule has 1 aliphatic heterocycles. The molecular formula is C13H15BrFNO3. The molecule has 1 fully saturated rings. The van der Waals surface area contributed by atoms with E-state index in [9.17, 15) is 9.18 Å². The molecule has 0 unspecified atom stereocenters. The van der Waals surface area contributed by atoms with Crippen LogP contribution in [0.5, 0.6) is 0 Å². The van der Waals surface area contributed by atoms with E-state index in [0.29, 0.717) is 23.4 Å². The van der Waals surface area contributed by atoms with Crippen molar-refractivity contribution in [1.29, 1.82) is 0 Å². The first kappa shape index (κ1) is 14.3. The largest absolute Gasteiger partial charge is 0.465 e. The second-order valence-electron chi connectivity index (χ2n) is 4.33. The zero-order valence-electron chi connectivity index (χ0n) is 10.5. The molecule has 1 aromatic carbocycles. The Hall–Kier alpha value is -1.14. The third-order valence-corrected chi connectivity index (χ3v) is 3.48. The number of benzene rings is 1. The van der Waals surface area contributed by atoms with Crippen molar-refractivity contribution in [3.05, 3.63) is 28.0 Å². The van der Waals surface area contributed by atoms with Gasteiger partial charge >= 0.3 is 5.97 Å². The van der Waals surface area contributed by atoms with Gasteiger partial charge in [-0.2, -0.15) is 0 Å². The van der Waals surface area contributed by atoms with Crippen LogP contribution in [0.25, 0.3) is 0 Å². The molecule has 0 radical (unpaired) electrons. The van der Waals surface area contributed by atoms with Crippen LogP contribution in [0, 0.1) is 5.82 Å². The fraction of sp³-hybridized carbons (Fsp3) is 0.462. The predicted molar refractivity (Wildman–Crippen MR) is 72.9 cm³/mol. The van der Waals surface area contributed by atoms with Crippen molar-refractivity contribution in [2.75, 3.05) is 25.6 Å². The highest BCUT2D eigenvalue weighted by molar-refractivity contribution is 9.10. The van der Waals surface area contributed by atoms with Gasteiger partial charge < -0.3 is 14.8 Å². The van der Waals surface area contributed by atoms with Crippen LogP contribution >= 0.6 is 15.9 Å². The molecule has 4 nitrogen and oxygen atoms in total. The summed E-state index contributed by atoms with van der Waals surface area (Å²) >= 11 is 3.23. The summed E-state index contributed by atoms with van der Waals surface area (Å²) in [5.74, 6) is -1.28. The van der Waals surface area contributed by atoms with Gasteiger partial charge in [-0.1, -0.05) is 15.9 Å². The molecule has 1 heterocycles. The molecule has 0 saturated carbocycles. The van der Waals surface area contributed by atoms with Crippen molar-refractivity contribution in [2.45, 2.75) is 18.9 Å². The minimum Gasteiger partial charge on any atom is -0.465 e. The van der Waals surface area contributed by atoms with Gasteiger partial charge in [0.05, 0.1) is 12.8 Å². The smallest absolute Gasteiger partial charge is 0.342 e. The van der Waals surface area contributed by atoms with Crippen LogP contribution in [-0.2, 0) is 9.47 Å². The number of hydrogen-bond donors (Lipinski definition) is 1. The van der Waals surface area contributed by atoms with Gasteiger partial charge in [-0.3, -0.25) is 0 Å². The lowest BCUT2D eigenvalue weighted by atomic mass is 10.1. The molecule has 2 rings (SSSR count). The average molecular weight is 332 g/mol. The topological polar surface area (TPSA) is 47.6 Å². The van der Waals surface area contributed by atoms with Crippen LogP contribution < -0.4 is 5.32 Å². The molecule has 0 bridgehead atoms. The number of esters is 1. The van der Waals surface area contributed by atoms with Crippen molar-refractivity contribution >= 4 is 27.6 Å². The van der Waals surface area contributed by atoms with Crippen molar-refractivity contribution in [3.63, 3.8) is 0 Å². The molecule has 0 aromatic heterocycles. The molecule has 104 valence electrons. The van der Waals surface area contributed by atoms with Crippen LogP contribution in [-0.4, -0.2) is 32.3 Å². The average Bonchev–Trinajstić information content (AvgIpc) is 2.38. The molecule has 0 aliphatic carbocycles. The number of anilines is 1. The maximum Gasteiger partial charge on any atom is 0.342 e. The van der Waals surface area contributed by atoms with Crippen molar-refractivity contribution < 1.29 is 18.7 Å². The summed E-state index contributed by atoms with van der Waals surface area (Å²) in [5, 5.41) is 3.20. The summed E-state index contributed by atoms with van der Waals surface area (Å²) in [6.45, 7) is 1.34. The lowest BCUT2D eigenvalue weighted by Gasteiger charge is -2.25. The second-order valence-corrected chi connectivity index (χ2v) is 5.25. The zero-order chi connectivity index (χ0) is 13.8. The van der Waals surface area contributed by atoms with Crippen LogP contribution in [0.15, 0.2) is 16.6 Å². The van der Waals surface area contributed by atoms with Gasteiger partial charge in [-0.25, -0.2) is 9.18 Å². The summed E-state index contributed by atoms with van der Waals surface area (Å²) < 4.78 is 24.4. The second kappa shape index (κ2) is 6.34. The Balaban J connectivity index is 2.28. The molecular weight excluding hydrogens is 317 g/mol. The highest BCUT2D eigenvalue weighted by atomic mass is 79.9. The first-order valence-electron chi connectivity index (χ1n) is 6.03.